The van der Waals surface area contributed by atoms with Crippen LogP contribution in [-0.4, -0.2) is 6.36 Å². The van der Waals surface area contributed by atoms with Crippen molar-refractivity contribution < 1.29 is 31.4 Å². The van der Waals surface area contributed by atoms with Gasteiger partial charge in [-0.2, -0.15) is 0 Å². The first-order valence-corrected chi connectivity index (χ1v) is 13.3. The van der Waals surface area contributed by atoms with E-state index in [2.05, 4.69) is 11.7 Å². The Kier molecular flexibility index (Phi) is 8.95. The Labute approximate surface area is 220 Å². The van der Waals surface area contributed by atoms with Crippen molar-refractivity contribution in [3.63, 3.8) is 0 Å². The lowest BCUT2D eigenvalue weighted by molar-refractivity contribution is -0.274. The van der Waals surface area contributed by atoms with Gasteiger partial charge < -0.3 is 9.47 Å². The Bertz CT molecular complexity index is 1210. The summed E-state index contributed by atoms with van der Waals surface area (Å²) >= 11 is 0. The number of rotatable bonds is 9. The molecule has 1 fully saturated rings. The predicted molar refractivity (Wildman–Crippen MR) is 139 cm³/mol. The van der Waals surface area contributed by atoms with Gasteiger partial charge in [0.25, 0.3) is 0 Å². The molecular formula is C31H33F5O2. The minimum atomic E-state index is -4.79. The summed E-state index contributed by atoms with van der Waals surface area (Å²) in [5.74, 6) is -0.866. The minimum absolute atomic E-state index is 0.0315. The molecule has 38 heavy (non-hydrogen) atoms. The van der Waals surface area contributed by atoms with Gasteiger partial charge in [-0.25, -0.2) is 8.78 Å². The normalized spacial score (nSPS) is 17.9. The lowest BCUT2D eigenvalue weighted by Gasteiger charge is -2.30. The molecule has 1 saturated carbocycles. The highest BCUT2D eigenvalue weighted by molar-refractivity contribution is 5.71. The first-order valence-electron chi connectivity index (χ1n) is 13.3. The maximum atomic E-state index is 15.9. The van der Waals surface area contributed by atoms with Gasteiger partial charge in [0.1, 0.15) is 17.3 Å². The number of hydrogen-bond acceptors (Lipinski definition) is 2. The molecule has 2 nitrogen and oxygen atoms in total. The highest BCUT2D eigenvalue weighted by atomic mass is 19.4. The molecule has 0 aromatic heterocycles. The number of unbranched alkanes of at least 4 members (excludes halogenated alkanes) is 2. The van der Waals surface area contributed by atoms with Gasteiger partial charge in [0.05, 0.1) is 0 Å². The van der Waals surface area contributed by atoms with E-state index in [1.165, 1.54) is 56.0 Å². The third-order valence-corrected chi connectivity index (χ3v) is 7.36. The summed E-state index contributed by atoms with van der Waals surface area (Å²) in [4.78, 5) is 0. The largest absolute Gasteiger partial charge is 0.573 e. The average molecular weight is 533 g/mol. The summed E-state index contributed by atoms with van der Waals surface area (Å²) in [6.07, 6.45) is 3.41. The Morgan fingerprint density at radius 2 is 1.58 bits per heavy atom. The molecule has 204 valence electrons. The molecule has 0 bridgehead atoms. The Balaban J connectivity index is 1.56. The molecule has 0 amide bonds. The second-order valence-electron chi connectivity index (χ2n) is 10.1. The monoisotopic (exact) mass is 532 g/mol. The maximum Gasteiger partial charge on any atom is 0.573 e. The van der Waals surface area contributed by atoms with Gasteiger partial charge in [-0.15, -0.1) is 13.2 Å². The molecular weight excluding hydrogens is 499 g/mol. The van der Waals surface area contributed by atoms with Gasteiger partial charge >= 0.3 is 6.36 Å². The fourth-order valence-electron chi connectivity index (χ4n) is 5.40. The molecule has 0 radical (unpaired) electrons. The van der Waals surface area contributed by atoms with Crippen LogP contribution in [0.3, 0.4) is 0 Å². The van der Waals surface area contributed by atoms with E-state index in [1.54, 1.807) is 31.2 Å². The highest BCUT2D eigenvalue weighted by Gasteiger charge is 2.31. The fourth-order valence-corrected chi connectivity index (χ4v) is 5.40. The summed E-state index contributed by atoms with van der Waals surface area (Å²) < 4.78 is 78.5. The molecule has 0 spiro atoms. The molecule has 7 heteroatoms. The molecule has 0 aliphatic heterocycles. The summed E-state index contributed by atoms with van der Waals surface area (Å²) in [5.41, 5.74) is 1.55. The molecule has 3 aromatic carbocycles. The number of ether oxygens (including phenoxy) is 2. The number of para-hydroxylation sites is 1. The SMILES string of the molecule is CCCCCC1CCC(c2c(F)cc(C)c(Oc3ccccc3-c3ccc(OC(F)(F)F)cc3)c2F)CC1. The zero-order chi connectivity index (χ0) is 27.3. The molecule has 0 saturated heterocycles. The Morgan fingerprint density at radius 3 is 2.24 bits per heavy atom. The topological polar surface area (TPSA) is 18.5 Å². The highest BCUT2D eigenvalue weighted by Crippen LogP contribution is 2.44. The zero-order valence-corrected chi connectivity index (χ0v) is 21.7. The quantitative estimate of drug-likeness (QED) is 0.202. The van der Waals surface area contributed by atoms with Crippen LogP contribution in [0.25, 0.3) is 11.1 Å². The molecule has 0 heterocycles. The molecule has 4 rings (SSSR count). The summed E-state index contributed by atoms with van der Waals surface area (Å²) in [7, 11) is 0. The van der Waals surface area contributed by atoms with E-state index in [1.807, 2.05) is 0 Å². The van der Waals surface area contributed by atoms with E-state index in [-0.39, 0.29) is 23.0 Å². The van der Waals surface area contributed by atoms with Crippen LogP contribution in [0, 0.1) is 24.5 Å². The number of halogens is 5. The fraction of sp³-hybridized carbons (Fsp3) is 0.419. The summed E-state index contributed by atoms with van der Waals surface area (Å²) in [5, 5.41) is 0. The van der Waals surface area contributed by atoms with Crippen molar-refractivity contribution in [3.8, 4) is 28.4 Å². The number of benzene rings is 3. The lowest BCUT2D eigenvalue weighted by atomic mass is 9.76. The second-order valence-corrected chi connectivity index (χ2v) is 10.1. The average Bonchev–Trinajstić information content (AvgIpc) is 2.87. The van der Waals surface area contributed by atoms with Gasteiger partial charge in [-0.3, -0.25) is 0 Å². The molecule has 3 aromatic rings. The van der Waals surface area contributed by atoms with Crippen molar-refractivity contribution in [2.45, 2.75) is 77.5 Å². The minimum Gasteiger partial charge on any atom is -0.453 e. The van der Waals surface area contributed by atoms with Gasteiger partial charge in [0.15, 0.2) is 11.6 Å². The van der Waals surface area contributed by atoms with Crippen LogP contribution in [0.2, 0.25) is 0 Å². The predicted octanol–water partition coefficient (Wildman–Crippen LogP) is 10.5. The van der Waals surface area contributed by atoms with Crippen molar-refractivity contribution in [3.05, 3.63) is 77.4 Å². The molecule has 0 atom stereocenters. The maximum absolute atomic E-state index is 15.9. The number of aryl methyl sites for hydroxylation is 1. The number of hydrogen-bond donors (Lipinski definition) is 0. The van der Waals surface area contributed by atoms with E-state index in [4.69, 9.17) is 4.74 Å². The first kappa shape index (κ1) is 27.9. The molecule has 1 aliphatic carbocycles. The van der Waals surface area contributed by atoms with Crippen molar-refractivity contribution in [1.29, 1.82) is 0 Å². The van der Waals surface area contributed by atoms with E-state index in [0.717, 1.165) is 25.7 Å². The number of alkyl halides is 3. The van der Waals surface area contributed by atoms with Gasteiger partial charge in [0.2, 0.25) is 0 Å². The molecule has 1 aliphatic rings. The summed E-state index contributed by atoms with van der Waals surface area (Å²) in [6.45, 7) is 3.78. The van der Waals surface area contributed by atoms with E-state index in [9.17, 15) is 13.2 Å². The van der Waals surface area contributed by atoms with Crippen molar-refractivity contribution >= 4 is 0 Å². The second kappa shape index (κ2) is 12.2. The zero-order valence-electron chi connectivity index (χ0n) is 21.7. The van der Waals surface area contributed by atoms with Crippen LogP contribution in [-0.2, 0) is 0 Å². The molecule has 0 N–H and O–H groups in total. The first-order chi connectivity index (χ1) is 18.2. The van der Waals surface area contributed by atoms with Crippen LogP contribution in [0.15, 0.2) is 54.6 Å². The van der Waals surface area contributed by atoms with Crippen molar-refractivity contribution in [1.82, 2.24) is 0 Å². The summed E-state index contributed by atoms with van der Waals surface area (Å²) in [6, 6.07) is 13.5. The van der Waals surface area contributed by atoms with E-state index < -0.39 is 18.0 Å². The lowest BCUT2D eigenvalue weighted by Crippen LogP contribution is -2.16. The van der Waals surface area contributed by atoms with Gasteiger partial charge in [-0.1, -0.05) is 62.9 Å². The van der Waals surface area contributed by atoms with Crippen LogP contribution in [0.1, 0.15) is 75.3 Å². The standard InChI is InChI=1S/C31H33F5O2/c1-3-4-5-8-21-11-13-23(14-12-21)28-26(32)19-20(2)30(29(28)33)37-27-10-7-6-9-25(27)22-15-17-24(18-16-22)38-31(34,35)36/h6-7,9-10,15-19,21,23H,3-5,8,11-14H2,1-2H3. The van der Waals surface area contributed by atoms with Crippen LogP contribution >= 0.6 is 0 Å². The van der Waals surface area contributed by atoms with E-state index >= 15 is 8.78 Å². The van der Waals surface area contributed by atoms with E-state index in [0.29, 0.717) is 28.4 Å². The van der Waals surface area contributed by atoms with Crippen LogP contribution < -0.4 is 9.47 Å². The Hall–Kier alpha value is -3.09. The van der Waals surface area contributed by atoms with Crippen molar-refractivity contribution in [2.24, 2.45) is 5.92 Å². The van der Waals surface area contributed by atoms with Gasteiger partial charge in [0, 0.05) is 11.1 Å². The molecule has 0 unspecified atom stereocenters. The third-order valence-electron chi connectivity index (χ3n) is 7.36. The third kappa shape index (κ3) is 6.86. The van der Waals surface area contributed by atoms with Gasteiger partial charge in [-0.05, 0) is 79.8 Å². The Morgan fingerprint density at radius 1 is 0.895 bits per heavy atom. The van der Waals surface area contributed by atoms with Crippen LogP contribution in [0.5, 0.6) is 17.2 Å². The van der Waals surface area contributed by atoms with Crippen LogP contribution in [0.4, 0.5) is 22.0 Å². The van der Waals surface area contributed by atoms with Crippen molar-refractivity contribution in [2.75, 3.05) is 0 Å². The smallest absolute Gasteiger partial charge is 0.453 e.